The molecule has 136 valence electrons. The summed E-state index contributed by atoms with van der Waals surface area (Å²) in [7, 11) is 0. The first-order valence-corrected chi connectivity index (χ1v) is 9.34. The van der Waals surface area contributed by atoms with Gasteiger partial charge in [0.05, 0.1) is 5.57 Å². The molecule has 1 aliphatic heterocycles. The van der Waals surface area contributed by atoms with Gasteiger partial charge in [0, 0.05) is 11.1 Å². The Balaban J connectivity index is 2.19. The van der Waals surface area contributed by atoms with Gasteiger partial charge in [0.15, 0.2) is 11.5 Å². The minimum absolute atomic E-state index is 0.0660. The van der Waals surface area contributed by atoms with Crippen LogP contribution >= 0.6 is 0 Å². The molecule has 0 N–H and O–H groups in total. The van der Waals surface area contributed by atoms with Gasteiger partial charge < -0.3 is 4.74 Å². The van der Waals surface area contributed by atoms with E-state index in [0.29, 0.717) is 23.1 Å². The van der Waals surface area contributed by atoms with Crippen LogP contribution in [0.5, 0.6) is 0 Å². The molecule has 1 aliphatic carbocycles. The Morgan fingerprint density at radius 1 is 1.20 bits per heavy atom. The predicted molar refractivity (Wildman–Crippen MR) is 101 cm³/mol. The molecule has 0 bridgehead atoms. The predicted octanol–water partition coefficient (Wildman–Crippen LogP) is 5.38. The fourth-order valence-corrected chi connectivity index (χ4v) is 3.29. The third kappa shape index (κ3) is 4.39. The topological polar surface area (TPSA) is 43.4 Å². The van der Waals surface area contributed by atoms with E-state index < -0.39 is 5.60 Å². The van der Waals surface area contributed by atoms with Gasteiger partial charge in [0.1, 0.15) is 5.60 Å². The average Bonchev–Trinajstić information content (AvgIpc) is 2.55. The van der Waals surface area contributed by atoms with Crippen molar-refractivity contribution in [3.8, 4) is 0 Å². The van der Waals surface area contributed by atoms with Crippen LogP contribution in [-0.2, 0) is 14.3 Å². The highest BCUT2D eigenvalue weighted by molar-refractivity contribution is 6.25. The summed E-state index contributed by atoms with van der Waals surface area (Å²) in [6, 6.07) is 0. The van der Waals surface area contributed by atoms with Crippen LogP contribution in [0.1, 0.15) is 73.1 Å². The van der Waals surface area contributed by atoms with E-state index >= 15 is 0 Å². The molecular formula is C22H30O3. The molecule has 0 saturated carbocycles. The van der Waals surface area contributed by atoms with Crippen molar-refractivity contribution in [2.45, 2.75) is 78.7 Å². The quantitative estimate of drug-likeness (QED) is 0.354. The third-order valence-corrected chi connectivity index (χ3v) is 4.92. The number of Topliss-reactive ketones (excluding diaryl/α,β-unsaturated/α-hetero) is 2. The number of rotatable bonds is 7. The van der Waals surface area contributed by atoms with Gasteiger partial charge in [0.25, 0.3) is 0 Å². The smallest absolute Gasteiger partial charge is 0.224 e. The third-order valence-electron chi connectivity index (χ3n) is 4.92. The molecule has 0 aromatic heterocycles. The van der Waals surface area contributed by atoms with Gasteiger partial charge in [-0.2, -0.15) is 0 Å². The van der Waals surface area contributed by atoms with Crippen LogP contribution < -0.4 is 0 Å². The Labute approximate surface area is 151 Å². The number of ether oxygens (including phenoxy) is 1. The molecule has 2 aliphatic rings. The van der Waals surface area contributed by atoms with Crippen LogP contribution in [0.15, 0.2) is 46.3 Å². The molecule has 0 aromatic carbocycles. The van der Waals surface area contributed by atoms with Gasteiger partial charge in [-0.05, 0) is 65.5 Å². The molecular weight excluding hydrogens is 312 g/mol. The molecule has 0 fully saturated rings. The van der Waals surface area contributed by atoms with Crippen molar-refractivity contribution in [3.63, 3.8) is 0 Å². The lowest BCUT2D eigenvalue weighted by molar-refractivity contribution is -0.121. The van der Waals surface area contributed by atoms with Crippen molar-refractivity contribution in [2.75, 3.05) is 0 Å². The lowest BCUT2D eigenvalue weighted by Gasteiger charge is -2.34. The first kappa shape index (κ1) is 19.4. The maximum absolute atomic E-state index is 12.9. The van der Waals surface area contributed by atoms with Crippen molar-refractivity contribution in [1.82, 2.24) is 0 Å². The minimum atomic E-state index is -0.541. The molecule has 0 amide bonds. The van der Waals surface area contributed by atoms with Crippen LogP contribution in [0.25, 0.3) is 0 Å². The van der Waals surface area contributed by atoms with Crippen molar-refractivity contribution in [1.29, 1.82) is 0 Å². The molecule has 0 spiro atoms. The number of unbranched alkanes of at least 4 members (excludes halogenated alkanes) is 2. The SMILES string of the molecule is CCCCCC1=C(C)C(=O)C2=C(OC(C)(CCC=C(C)C)C=C2)C1=O. The van der Waals surface area contributed by atoms with Crippen molar-refractivity contribution in [2.24, 2.45) is 0 Å². The van der Waals surface area contributed by atoms with Gasteiger partial charge in [-0.25, -0.2) is 0 Å². The second kappa shape index (κ2) is 7.99. The van der Waals surface area contributed by atoms with Gasteiger partial charge in [0.2, 0.25) is 5.78 Å². The van der Waals surface area contributed by atoms with Crippen molar-refractivity contribution >= 4 is 11.6 Å². The van der Waals surface area contributed by atoms with E-state index in [4.69, 9.17) is 4.74 Å². The van der Waals surface area contributed by atoms with Crippen LogP contribution in [0, 0.1) is 0 Å². The lowest BCUT2D eigenvalue weighted by Crippen LogP contribution is -2.35. The Morgan fingerprint density at radius 3 is 2.56 bits per heavy atom. The van der Waals surface area contributed by atoms with E-state index in [1.807, 2.05) is 13.0 Å². The molecule has 25 heavy (non-hydrogen) atoms. The van der Waals surface area contributed by atoms with Crippen LogP contribution in [0.4, 0.5) is 0 Å². The summed E-state index contributed by atoms with van der Waals surface area (Å²) in [4.78, 5) is 25.6. The number of carbonyl (C=O) groups excluding carboxylic acids is 2. The summed E-state index contributed by atoms with van der Waals surface area (Å²) < 4.78 is 6.09. The molecule has 1 atom stereocenters. The van der Waals surface area contributed by atoms with E-state index in [2.05, 4.69) is 26.8 Å². The lowest BCUT2D eigenvalue weighted by atomic mass is 9.83. The number of hydrogen-bond acceptors (Lipinski definition) is 3. The standard InChI is InChI=1S/C22H30O3/c1-6-7-8-11-17-16(4)19(23)18-12-14-22(5,13-9-10-15(2)3)25-21(18)20(17)24/h10,12,14H,6-9,11,13H2,1-5H3. The average molecular weight is 342 g/mol. The molecule has 3 heteroatoms. The highest BCUT2D eigenvalue weighted by atomic mass is 16.5. The number of ketones is 2. The highest BCUT2D eigenvalue weighted by Gasteiger charge is 2.38. The Kier molecular flexibility index (Phi) is 6.21. The minimum Gasteiger partial charge on any atom is -0.479 e. The van der Waals surface area contributed by atoms with E-state index in [-0.39, 0.29) is 17.3 Å². The Bertz CT molecular complexity index is 684. The van der Waals surface area contributed by atoms with E-state index in [1.54, 1.807) is 13.0 Å². The van der Waals surface area contributed by atoms with Gasteiger partial charge in [-0.3, -0.25) is 9.59 Å². The zero-order chi connectivity index (χ0) is 18.6. The zero-order valence-corrected chi connectivity index (χ0v) is 16.2. The molecule has 0 aromatic rings. The van der Waals surface area contributed by atoms with Crippen molar-refractivity contribution in [3.05, 3.63) is 46.3 Å². The van der Waals surface area contributed by atoms with E-state index in [9.17, 15) is 9.59 Å². The summed E-state index contributed by atoms with van der Waals surface area (Å²) in [6.07, 6.45) is 11.3. The van der Waals surface area contributed by atoms with Gasteiger partial charge in [-0.15, -0.1) is 0 Å². The number of carbonyl (C=O) groups is 2. The molecule has 3 nitrogen and oxygen atoms in total. The van der Waals surface area contributed by atoms with Crippen LogP contribution in [0.3, 0.4) is 0 Å². The molecule has 1 heterocycles. The maximum atomic E-state index is 12.9. The fraction of sp³-hybridized carbons (Fsp3) is 0.545. The summed E-state index contributed by atoms with van der Waals surface area (Å²) >= 11 is 0. The normalized spacial score (nSPS) is 22.9. The fourth-order valence-electron chi connectivity index (χ4n) is 3.29. The Hall–Kier alpha value is -1.90. The van der Waals surface area contributed by atoms with E-state index in [0.717, 1.165) is 32.1 Å². The van der Waals surface area contributed by atoms with Gasteiger partial charge in [-0.1, -0.05) is 31.4 Å². The van der Waals surface area contributed by atoms with Crippen LogP contribution in [-0.4, -0.2) is 17.2 Å². The monoisotopic (exact) mass is 342 g/mol. The molecule has 1 unspecified atom stereocenters. The summed E-state index contributed by atoms with van der Waals surface area (Å²) in [5.41, 5.74) is 2.37. The van der Waals surface area contributed by atoms with Crippen molar-refractivity contribution < 1.29 is 14.3 Å². The maximum Gasteiger partial charge on any atom is 0.224 e. The second-order valence-electron chi connectivity index (χ2n) is 7.53. The molecule has 0 radical (unpaired) electrons. The summed E-state index contributed by atoms with van der Waals surface area (Å²) in [5, 5.41) is 0. The summed E-state index contributed by atoms with van der Waals surface area (Å²) in [5.74, 6) is 0.0917. The molecule has 0 saturated heterocycles. The first-order chi connectivity index (χ1) is 11.8. The summed E-state index contributed by atoms with van der Waals surface area (Å²) in [6.45, 7) is 10.0. The van der Waals surface area contributed by atoms with E-state index in [1.165, 1.54) is 5.57 Å². The van der Waals surface area contributed by atoms with Crippen LogP contribution in [0.2, 0.25) is 0 Å². The second-order valence-corrected chi connectivity index (χ2v) is 7.53. The first-order valence-electron chi connectivity index (χ1n) is 9.34. The number of hydrogen-bond donors (Lipinski definition) is 0. The molecule has 2 rings (SSSR count). The van der Waals surface area contributed by atoms with Gasteiger partial charge >= 0.3 is 0 Å². The largest absolute Gasteiger partial charge is 0.479 e. The Morgan fingerprint density at radius 2 is 1.92 bits per heavy atom. The number of allylic oxidation sites excluding steroid dienone is 6. The zero-order valence-electron chi connectivity index (χ0n) is 16.2. The highest BCUT2D eigenvalue weighted by Crippen LogP contribution is 2.37.